The molecule has 5 amide bonds. The van der Waals surface area contributed by atoms with Crippen molar-refractivity contribution in [2.75, 3.05) is 86.4 Å². The standard InChI is InChI=1S/C29H35N3O3.C26H28N4O3.C13H17NO3.CCl2O/c1-21-7-6-8-25(17-21)35-27-12-11-23(19-26(27)30)29(33)32(16-15-31-13-4-5-14-31)20-24-10-9-22(2)18-28(24)34-3;1-18-8-10-22(16-19(18)2)33-24-11-9-20(25(31)28-13-12-27)17-23(24)30-15-14-29(26(30)32)21-6-4-3-5-7-21;1-13(2,3)17-12(16)14(9-10-15)11-7-5-4-6-8-11;2-1(3)4/h6-12,17-19H,4-5,13-16,20,30H2,1-3H3;3-11,16-17H,12-15,27H2,1-2H3,(H,28,31);4-8,10H,9H2,1-3H3;. The van der Waals surface area contributed by atoms with E-state index in [9.17, 15) is 24.0 Å². The summed E-state index contributed by atoms with van der Waals surface area (Å²) >= 11 is 8.80. The number of nitrogens with zero attached hydrogens (tertiary/aromatic N) is 5. The smallest absolute Gasteiger partial charge is 0.415 e. The maximum absolute atomic E-state index is 13.7. The lowest BCUT2D eigenvalue weighted by Gasteiger charge is -2.27. The molecule has 0 spiro atoms. The van der Waals surface area contributed by atoms with E-state index in [1.165, 1.54) is 23.3 Å². The van der Waals surface area contributed by atoms with Crippen LogP contribution >= 0.6 is 23.2 Å². The summed E-state index contributed by atoms with van der Waals surface area (Å²) in [7, 11) is 1.67. The first kappa shape index (κ1) is 69.2. The molecule has 20 heteroatoms. The number of nitrogens with one attached hydrogen (secondary N) is 1. The second-order valence-corrected chi connectivity index (χ2v) is 23.0. The molecular formula is C69H80Cl2N8O10. The number of carbonyl (C=O) groups is 6. The highest BCUT2D eigenvalue weighted by molar-refractivity contribution is 6.93. The number of ether oxygens (including phenoxy) is 4. The van der Waals surface area contributed by atoms with E-state index in [4.69, 9.17) is 35.2 Å². The Labute approximate surface area is 532 Å². The first-order chi connectivity index (χ1) is 42.6. The fourth-order valence-electron chi connectivity index (χ4n) is 9.51. The van der Waals surface area contributed by atoms with Crippen LogP contribution in [0.3, 0.4) is 0 Å². The third-order valence-corrected chi connectivity index (χ3v) is 14.1. The van der Waals surface area contributed by atoms with Gasteiger partial charge in [-0.15, -0.1) is 0 Å². The third-order valence-electron chi connectivity index (χ3n) is 14.1. The number of anilines is 4. The van der Waals surface area contributed by atoms with Crippen LogP contribution in [0, 0.1) is 27.7 Å². The molecule has 0 atom stereocenters. The number of aryl methyl sites for hydroxylation is 4. The lowest BCUT2D eigenvalue weighted by molar-refractivity contribution is -0.106. The number of rotatable bonds is 19. The van der Waals surface area contributed by atoms with Gasteiger partial charge in [0.2, 0.25) is 0 Å². The SMILES string of the molecule is CC(C)(C)OC(=O)N(CC=O)c1ccccc1.COc1cc(C)ccc1CN(CCN1CCCC1)C(=O)c1ccc(Oc2cccc(C)c2)c(N)c1.Cc1ccc(Oc2ccc(C(=O)NCCN)cc2N2CCN(c3ccccc3)C2=O)cc1C.O=C(Cl)Cl. The van der Waals surface area contributed by atoms with Crippen LogP contribution < -0.4 is 45.7 Å². The number of aldehydes is 1. The average molecular weight is 1250 g/mol. The molecule has 2 heterocycles. The molecule has 7 aromatic carbocycles. The van der Waals surface area contributed by atoms with Crippen molar-refractivity contribution in [2.24, 2.45) is 5.73 Å². The van der Waals surface area contributed by atoms with E-state index in [-0.39, 0.29) is 24.4 Å². The number of methoxy groups -OCH3 is 1. The molecule has 0 aliphatic carbocycles. The minimum Gasteiger partial charge on any atom is -0.496 e. The molecule has 5 N–H and O–H groups in total. The van der Waals surface area contributed by atoms with E-state index in [1.54, 1.807) is 98.3 Å². The molecule has 2 aliphatic rings. The molecule has 89 heavy (non-hydrogen) atoms. The summed E-state index contributed by atoms with van der Waals surface area (Å²) in [5.74, 6) is 2.94. The van der Waals surface area contributed by atoms with Gasteiger partial charge in [0.05, 0.1) is 25.0 Å². The van der Waals surface area contributed by atoms with Crippen molar-refractivity contribution in [1.29, 1.82) is 0 Å². The molecule has 0 unspecified atom stereocenters. The molecule has 18 nitrogen and oxygen atoms in total. The topological polar surface area (TPSA) is 220 Å². The van der Waals surface area contributed by atoms with E-state index in [1.807, 2.05) is 124 Å². The van der Waals surface area contributed by atoms with E-state index in [2.05, 4.69) is 39.5 Å². The number of likely N-dealkylation sites (tertiary alicyclic amines) is 1. The zero-order valence-electron chi connectivity index (χ0n) is 51.8. The second kappa shape index (κ2) is 34.0. The lowest BCUT2D eigenvalue weighted by Crippen LogP contribution is -2.37. The van der Waals surface area contributed by atoms with Gasteiger partial charge in [-0.3, -0.25) is 29.1 Å². The highest BCUT2D eigenvalue weighted by atomic mass is 35.5. The van der Waals surface area contributed by atoms with Crippen molar-refractivity contribution in [3.05, 3.63) is 197 Å². The first-order valence-corrected chi connectivity index (χ1v) is 30.0. The molecule has 7 aromatic rings. The summed E-state index contributed by atoms with van der Waals surface area (Å²) in [5.41, 5.74) is 20.2. The number of halogens is 2. The summed E-state index contributed by atoms with van der Waals surface area (Å²) in [6.45, 7) is 19.3. The molecule has 0 aromatic heterocycles. The van der Waals surface area contributed by atoms with Crippen LogP contribution in [-0.4, -0.2) is 116 Å². The van der Waals surface area contributed by atoms with Gasteiger partial charge in [0.25, 0.3) is 11.8 Å². The van der Waals surface area contributed by atoms with Gasteiger partial charge in [-0.25, -0.2) is 9.59 Å². The summed E-state index contributed by atoms with van der Waals surface area (Å²) in [6.07, 6.45) is 2.60. The lowest BCUT2D eigenvalue weighted by atomic mass is 10.1. The van der Waals surface area contributed by atoms with Crippen LogP contribution in [0.15, 0.2) is 158 Å². The average Bonchev–Trinajstić information content (AvgIpc) is 1.96. The van der Waals surface area contributed by atoms with Crippen molar-refractivity contribution in [3.8, 4) is 28.7 Å². The Morgan fingerprint density at radius 1 is 0.674 bits per heavy atom. The summed E-state index contributed by atoms with van der Waals surface area (Å²) < 4.78 is 22.1. The predicted molar refractivity (Wildman–Crippen MR) is 354 cm³/mol. The maximum atomic E-state index is 13.7. The zero-order valence-corrected chi connectivity index (χ0v) is 53.3. The molecule has 2 fully saturated rings. The number of nitrogens with two attached hydrogens (primary N) is 2. The van der Waals surface area contributed by atoms with Gasteiger partial charge < -0.3 is 50.3 Å². The molecule has 0 radical (unpaired) electrons. The van der Waals surface area contributed by atoms with Crippen molar-refractivity contribution >= 4 is 80.9 Å². The maximum Gasteiger partial charge on any atom is 0.415 e. The van der Waals surface area contributed by atoms with Crippen LogP contribution in [0.1, 0.15) is 82.1 Å². The van der Waals surface area contributed by atoms with E-state index < -0.39 is 16.4 Å². The van der Waals surface area contributed by atoms with Crippen LogP contribution in [0.5, 0.6) is 28.7 Å². The van der Waals surface area contributed by atoms with Gasteiger partial charge in [0.1, 0.15) is 34.9 Å². The first-order valence-electron chi connectivity index (χ1n) is 29.2. The molecule has 2 aliphatic heterocycles. The quantitative estimate of drug-likeness (QED) is 0.0390. The molecule has 9 rings (SSSR count). The summed E-state index contributed by atoms with van der Waals surface area (Å²) in [5, 5.41) is 2.78. The Morgan fingerprint density at radius 3 is 1.93 bits per heavy atom. The number of carbonyl (C=O) groups excluding carboxylic acids is 6. The number of benzene rings is 7. The number of para-hydroxylation sites is 2. The highest BCUT2D eigenvalue weighted by Crippen LogP contribution is 2.37. The fraction of sp³-hybridized carbons (Fsp3) is 0.304. The third kappa shape index (κ3) is 21.4. The van der Waals surface area contributed by atoms with Crippen LogP contribution in [0.2, 0.25) is 0 Å². The Morgan fingerprint density at radius 2 is 1.30 bits per heavy atom. The zero-order chi connectivity index (χ0) is 64.6. The molecule has 470 valence electrons. The molecule has 0 bridgehead atoms. The predicted octanol–water partition coefficient (Wildman–Crippen LogP) is 13.9. The van der Waals surface area contributed by atoms with Gasteiger partial charge >= 0.3 is 16.8 Å². The monoisotopic (exact) mass is 1250 g/mol. The van der Waals surface area contributed by atoms with Crippen molar-refractivity contribution in [1.82, 2.24) is 15.1 Å². The highest BCUT2D eigenvalue weighted by Gasteiger charge is 2.33. The summed E-state index contributed by atoms with van der Waals surface area (Å²) in [6, 6.07) is 48.5. The van der Waals surface area contributed by atoms with E-state index in [0.717, 1.165) is 59.1 Å². The number of hydrogen-bond donors (Lipinski definition) is 3. The second-order valence-electron chi connectivity index (χ2n) is 22.1. The number of amides is 5. The van der Waals surface area contributed by atoms with Gasteiger partial charge in [0, 0.05) is 73.9 Å². The molecule has 2 saturated heterocycles. The minimum atomic E-state index is -0.889. The van der Waals surface area contributed by atoms with Gasteiger partial charge in [-0.1, -0.05) is 66.7 Å². The van der Waals surface area contributed by atoms with E-state index >= 15 is 0 Å². The van der Waals surface area contributed by atoms with Gasteiger partial charge in [-0.2, -0.15) is 0 Å². The van der Waals surface area contributed by atoms with Crippen molar-refractivity contribution in [3.63, 3.8) is 0 Å². The Balaban J connectivity index is 0.000000217. The Kier molecular flexibility index (Phi) is 26.4. The van der Waals surface area contributed by atoms with Crippen molar-refractivity contribution < 1.29 is 47.7 Å². The number of nitrogen functional groups attached to an aromatic ring is 1. The number of hydrogen-bond acceptors (Lipinski definition) is 13. The Hall–Kier alpha value is -8.94. The Bertz CT molecular complexity index is 3500. The largest absolute Gasteiger partial charge is 0.496 e. The van der Waals surface area contributed by atoms with Gasteiger partial charge in [0.15, 0.2) is 5.75 Å². The van der Waals surface area contributed by atoms with Crippen LogP contribution in [0.4, 0.5) is 37.1 Å². The van der Waals surface area contributed by atoms with Crippen molar-refractivity contribution in [2.45, 2.75) is 73.5 Å². The van der Waals surface area contributed by atoms with Crippen LogP contribution in [-0.2, 0) is 16.1 Å². The molecule has 0 saturated carbocycles. The van der Waals surface area contributed by atoms with Crippen LogP contribution in [0.25, 0.3) is 0 Å². The molecular weight excluding hydrogens is 1170 g/mol. The normalized spacial score (nSPS) is 12.6. The fourth-order valence-corrected chi connectivity index (χ4v) is 9.51. The number of urea groups is 1. The van der Waals surface area contributed by atoms with E-state index in [0.29, 0.717) is 91.0 Å². The minimum absolute atomic E-state index is 0.0150. The summed E-state index contributed by atoms with van der Waals surface area (Å²) in [4.78, 5) is 80.0. The van der Waals surface area contributed by atoms with Gasteiger partial charge in [-0.05, 0) is 211 Å².